The Morgan fingerprint density at radius 3 is 2.95 bits per heavy atom. The average molecular weight is 325 g/mol. The van der Waals surface area contributed by atoms with Gasteiger partial charge >= 0.3 is 0 Å². The summed E-state index contributed by atoms with van der Waals surface area (Å²) in [4.78, 5) is 29.0. The molecule has 0 spiro atoms. The van der Waals surface area contributed by atoms with Crippen LogP contribution in [0.25, 0.3) is 0 Å². The van der Waals surface area contributed by atoms with Gasteiger partial charge in [0, 0.05) is 18.5 Å². The maximum absolute atomic E-state index is 11.9. The van der Waals surface area contributed by atoms with Crippen molar-refractivity contribution in [1.29, 1.82) is 0 Å². The number of aromatic amines is 1. The van der Waals surface area contributed by atoms with Gasteiger partial charge < -0.3 is 10.3 Å². The van der Waals surface area contributed by atoms with Gasteiger partial charge in [0.2, 0.25) is 0 Å². The number of nitro benzene ring substituents is 1. The van der Waals surface area contributed by atoms with Crippen molar-refractivity contribution in [2.45, 2.75) is 6.54 Å². The normalized spacial score (nSPS) is 10.2. The van der Waals surface area contributed by atoms with E-state index in [9.17, 15) is 14.9 Å². The van der Waals surface area contributed by atoms with Gasteiger partial charge in [0.05, 0.1) is 17.0 Å². The molecule has 0 aliphatic heterocycles. The highest BCUT2D eigenvalue weighted by molar-refractivity contribution is 9.10. The summed E-state index contributed by atoms with van der Waals surface area (Å²) in [5.41, 5.74) is 0.0615. The number of halogens is 1. The fourth-order valence-corrected chi connectivity index (χ4v) is 2.08. The molecule has 1 amide bonds. The Labute approximate surface area is 116 Å². The molecule has 0 atom stereocenters. The predicted molar refractivity (Wildman–Crippen MR) is 70.6 cm³/mol. The summed E-state index contributed by atoms with van der Waals surface area (Å²) in [5.74, 6) is 0.196. The number of carbonyl (C=O) groups is 1. The number of rotatable bonds is 4. The van der Waals surface area contributed by atoms with Gasteiger partial charge in [-0.2, -0.15) is 0 Å². The fourth-order valence-electron chi connectivity index (χ4n) is 1.49. The molecule has 0 saturated carbocycles. The fraction of sp³-hybridized carbons (Fsp3) is 0.0909. The zero-order valence-electron chi connectivity index (χ0n) is 9.59. The third kappa shape index (κ3) is 2.97. The standard InChI is InChI=1S/C11H9BrN4O3/c12-10-7(2-1-3-8(10)16(18)19)11(17)15-6-9-13-4-5-14-9/h1-5H,6H2,(H,13,14)(H,15,17). The quantitative estimate of drug-likeness (QED) is 0.663. The maximum Gasteiger partial charge on any atom is 0.284 e. The molecule has 0 aliphatic carbocycles. The van der Waals surface area contributed by atoms with E-state index in [0.717, 1.165) is 0 Å². The lowest BCUT2D eigenvalue weighted by Gasteiger charge is -2.05. The minimum atomic E-state index is -0.548. The first-order valence-corrected chi connectivity index (χ1v) is 6.08. The van der Waals surface area contributed by atoms with Crippen molar-refractivity contribution in [2.75, 3.05) is 0 Å². The van der Waals surface area contributed by atoms with Crippen LogP contribution in [0.1, 0.15) is 16.2 Å². The number of benzene rings is 1. The van der Waals surface area contributed by atoms with Crippen LogP contribution in [0.5, 0.6) is 0 Å². The molecule has 2 rings (SSSR count). The molecule has 2 N–H and O–H groups in total. The Balaban J connectivity index is 2.15. The molecule has 0 saturated heterocycles. The van der Waals surface area contributed by atoms with Crippen molar-refractivity contribution < 1.29 is 9.72 Å². The first-order valence-electron chi connectivity index (χ1n) is 5.29. The molecule has 1 aromatic carbocycles. The van der Waals surface area contributed by atoms with Gasteiger partial charge in [0.25, 0.3) is 11.6 Å². The number of imidazole rings is 1. The van der Waals surface area contributed by atoms with E-state index in [2.05, 4.69) is 31.2 Å². The van der Waals surface area contributed by atoms with E-state index < -0.39 is 10.8 Å². The number of aromatic nitrogens is 2. The van der Waals surface area contributed by atoms with Gasteiger partial charge in [-0.25, -0.2) is 4.98 Å². The Morgan fingerprint density at radius 1 is 1.53 bits per heavy atom. The molecule has 1 aromatic heterocycles. The van der Waals surface area contributed by atoms with Crippen LogP contribution in [-0.4, -0.2) is 20.8 Å². The third-order valence-electron chi connectivity index (χ3n) is 2.39. The summed E-state index contributed by atoms with van der Waals surface area (Å²) < 4.78 is 0.164. The topological polar surface area (TPSA) is 101 Å². The lowest BCUT2D eigenvalue weighted by Crippen LogP contribution is -2.23. The van der Waals surface area contributed by atoms with Crippen LogP contribution in [0.15, 0.2) is 35.1 Å². The van der Waals surface area contributed by atoms with E-state index in [1.54, 1.807) is 12.4 Å². The minimum Gasteiger partial charge on any atom is -0.347 e. The molecule has 8 heteroatoms. The zero-order valence-corrected chi connectivity index (χ0v) is 11.2. The van der Waals surface area contributed by atoms with Crippen LogP contribution in [0.4, 0.5) is 5.69 Å². The van der Waals surface area contributed by atoms with E-state index in [1.165, 1.54) is 18.2 Å². The van der Waals surface area contributed by atoms with Crippen LogP contribution in [-0.2, 0) is 6.54 Å². The molecule has 19 heavy (non-hydrogen) atoms. The maximum atomic E-state index is 11.9. The van der Waals surface area contributed by atoms with E-state index in [4.69, 9.17) is 0 Å². The highest BCUT2D eigenvalue weighted by Crippen LogP contribution is 2.28. The van der Waals surface area contributed by atoms with Gasteiger partial charge in [0.1, 0.15) is 10.3 Å². The molecule has 2 aromatic rings. The van der Waals surface area contributed by atoms with E-state index in [1.807, 2.05) is 0 Å². The number of hydrogen-bond acceptors (Lipinski definition) is 4. The average Bonchev–Trinajstić information content (AvgIpc) is 2.89. The highest BCUT2D eigenvalue weighted by Gasteiger charge is 2.19. The van der Waals surface area contributed by atoms with E-state index >= 15 is 0 Å². The number of nitro groups is 1. The third-order valence-corrected chi connectivity index (χ3v) is 3.22. The second-order valence-corrected chi connectivity index (χ2v) is 4.41. The summed E-state index contributed by atoms with van der Waals surface area (Å²) in [7, 11) is 0. The van der Waals surface area contributed by atoms with Gasteiger partial charge in [-0.15, -0.1) is 0 Å². The largest absolute Gasteiger partial charge is 0.347 e. The van der Waals surface area contributed by atoms with Crippen LogP contribution in [0.2, 0.25) is 0 Å². The molecule has 1 heterocycles. The van der Waals surface area contributed by atoms with Crippen molar-refractivity contribution in [1.82, 2.24) is 15.3 Å². The lowest BCUT2D eigenvalue weighted by molar-refractivity contribution is -0.385. The first-order chi connectivity index (χ1) is 9.09. The Kier molecular flexibility index (Phi) is 3.91. The number of H-pyrrole nitrogens is 1. The molecule has 7 nitrogen and oxygen atoms in total. The molecule has 0 aliphatic rings. The lowest BCUT2D eigenvalue weighted by atomic mass is 10.2. The molecule has 0 bridgehead atoms. The van der Waals surface area contributed by atoms with Crippen LogP contribution in [0.3, 0.4) is 0 Å². The smallest absolute Gasteiger partial charge is 0.284 e. The second kappa shape index (κ2) is 5.61. The van der Waals surface area contributed by atoms with Crippen LogP contribution in [0, 0.1) is 10.1 Å². The Morgan fingerprint density at radius 2 is 2.32 bits per heavy atom. The summed E-state index contributed by atoms with van der Waals surface area (Å²) in [6.45, 7) is 0.223. The van der Waals surface area contributed by atoms with Gasteiger partial charge in [-0.05, 0) is 22.0 Å². The van der Waals surface area contributed by atoms with E-state index in [-0.39, 0.29) is 22.3 Å². The van der Waals surface area contributed by atoms with Gasteiger partial charge in [-0.3, -0.25) is 14.9 Å². The van der Waals surface area contributed by atoms with Gasteiger partial charge in [0.15, 0.2) is 0 Å². The van der Waals surface area contributed by atoms with Crippen molar-refractivity contribution in [3.8, 4) is 0 Å². The number of nitrogens with zero attached hydrogens (tertiary/aromatic N) is 2. The molecular weight excluding hydrogens is 316 g/mol. The number of carbonyl (C=O) groups excluding carboxylic acids is 1. The zero-order chi connectivity index (χ0) is 13.8. The Bertz CT molecular complexity index is 612. The van der Waals surface area contributed by atoms with Gasteiger partial charge in [-0.1, -0.05) is 6.07 Å². The Hall–Kier alpha value is -2.22. The number of hydrogen-bond donors (Lipinski definition) is 2. The van der Waals surface area contributed by atoms with E-state index in [0.29, 0.717) is 5.82 Å². The van der Waals surface area contributed by atoms with Crippen molar-refractivity contribution in [2.24, 2.45) is 0 Å². The molecular formula is C11H9BrN4O3. The monoisotopic (exact) mass is 324 g/mol. The summed E-state index contributed by atoms with van der Waals surface area (Å²) >= 11 is 3.08. The molecule has 0 fully saturated rings. The first kappa shape index (κ1) is 13.2. The molecule has 0 radical (unpaired) electrons. The summed E-state index contributed by atoms with van der Waals surface area (Å²) in [5, 5.41) is 13.4. The highest BCUT2D eigenvalue weighted by atomic mass is 79.9. The van der Waals surface area contributed by atoms with Crippen molar-refractivity contribution in [3.05, 3.63) is 56.6 Å². The molecule has 0 unspecified atom stereocenters. The summed E-state index contributed by atoms with van der Waals surface area (Å²) in [6.07, 6.45) is 3.22. The SMILES string of the molecule is O=C(NCc1ncc[nH]1)c1cccc([N+](=O)[O-])c1Br. The number of nitrogens with one attached hydrogen (secondary N) is 2. The predicted octanol–water partition coefficient (Wildman–Crippen LogP) is 2.01. The van der Waals surface area contributed by atoms with Crippen molar-refractivity contribution >= 4 is 27.5 Å². The number of amides is 1. The second-order valence-electron chi connectivity index (χ2n) is 3.61. The minimum absolute atomic E-state index is 0.148. The summed E-state index contributed by atoms with van der Waals surface area (Å²) in [6, 6.07) is 4.30. The van der Waals surface area contributed by atoms with Crippen LogP contribution < -0.4 is 5.32 Å². The molecule has 98 valence electrons. The van der Waals surface area contributed by atoms with Crippen LogP contribution >= 0.6 is 15.9 Å². The van der Waals surface area contributed by atoms with Crippen molar-refractivity contribution in [3.63, 3.8) is 0 Å².